The first kappa shape index (κ1) is 22.5. The molecule has 0 heterocycles. The van der Waals surface area contributed by atoms with Crippen molar-refractivity contribution in [3.63, 3.8) is 0 Å². The molecule has 0 amide bonds. The molecule has 8 heavy (non-hydrogen) atoms. The van der Waals surface area contributed by atoms with Crippen molar-refractivity contribution in [3.05, 3.63) is 0 Å². The molecule has 0 atom stereocenters. The molecule has 4 nitrogen and oxygen atoms in total. The second-order valence-corrected chi connectivity index (χ2v) is 1.34. The van der Waals surface area contributed by atoms with Crippen LogP contribution in [0, 0.1) is 0 Å². The van der Waals surface area contributed by atoms with Crippen molar-refractivity contribution in [3.8, 4) is 0 Å². The van der Waals surface area contributed by atoms with Gasteiger partial charge in [0.2, 0.25) is 0 Å². The molecule has 0 unspecified atom stereocenters. The van der Waals surface area contributed by atoms with Gasteiger partial charge in [-0.05, 0) is 0 Å². The minimum atomic E-state index is -4.67. The van der Waals surface area contributed by atoms with Gasteiger partial charge in [-0.15, -0.1) is 24.0 Å². The van der Waals surface area contributed by atoms with E-state index in [0.29, 0.717) is 0 Å². The molecule has 0 aliphatic rings. The average molecular weight is 290 g/mol. The molecule has 44 valence electrons. The topological polar surface area (TPSA) is 74.6 Å². The maximum absolute atomic E-state index is 8.74. The van der Waals surface area contributed by atoms with Crippen molar-refractivity contribution in [1.82, 2.24) is 0 Å². The smallest absolute Gasteiger partial charge is 1.00 e. The minimum Gasteiger partial charge on any atom is -1.00 e. The Bertz CT molecular complexity index is 106. The normalized spacial score (nSPS) is 7.25. The summed E-state index contributed by atoms with van der Waals surface area (Å²) in [7, 11) is -4.67. The zero-order chi connectivity index (χ0) is 4.50. The summed E-state index contributed by atoms with van der Waals surface area (Å²) in [6.45, 7) is 0. The van der Waals surface area contributed by atoms with Crippen molar-refractivity contribution in [1.29, 1.82) is 0 Å². The van der Waals surface area contributed by atoms with Crippen LogP contribution < -0.4 is 80.9 Å². The summed E-state index contributed by atoms with van der Waals surface area (Å²) in [4.78, 5) is 0. The molecule has 2 N–H and O–H groups in total. The van der Waals surface area contributed by atoms with E-state index in [1.165, 1.54) is 0 Å². The van der Waals surface area contributed by atoms with E-state index in [2.05, 4.69) is 0 Å². The second-order valence-electron chi connectivity index (χ2n) is 0.448. The quantitative estimate of drug-likeness (QED) is 0.265. The van der Waals surface area contributed by atoms with Crippen molar-refractivity contribution in [2.45, 2.75) is 0 Å². The molecular formula is H5IKNaO4S. The minimum absolute atomic E-state index is 0. The zero-order valence-corrected chi connectivity index (χ0v) is 12.8. The summed E-state index contributed by atoms with van der Waals surface area (Å²) in [5, 5.41) is 0. The van der Waals surface area contributed by atoms with Crippen LogP contribution >= 0.6 is 24.0 Å². The van der Waals surface area contributed by atoms with Gasteiger partial charge in [0, 0.05) is 0 Å². The molecule has 0 saturated heterocycles. The SMILES string of the molecule is I.O=S(=O)(O)O.[H-].[H-].[K+].[Na+]. The summed E-state index contributed by atoms with van der Waals surface area (Å²) in [6.07, 6.45) is 0. The Balaban J connectivity index is -0.00000000800. The number of hydrogen-bond donors (Lipinski definition) is 2. The Morgan fingerprint density at radius 2 is 1.25 bits per heavy atom. The Labute approximate surface area is 132 Å². The standard InChI is InChI=1S/HI.K.Na.H2O4S.2H/c;;;1-5(2,3)4;;/h1H;;;(H2,1,2,3,4);;/q;2*+1;;2*-1. The predicted molar refractivity (Wildman–Crippen MR) is 31.8 cm³/mol. The summed E-state index contributed by atoms with van der Waals surface area (Å²) in [5.74, 6) is 0. The molecule has 0 rings (SSSR count). The van der Waals surface area contributed by atoms with Gasteiger partial charge in [-0.1, -0.05) is 0 Å². The van der Waals surface area contributed by atoms with Crippen LogP contribution in [0.1, 0.15) is 2.85 Å². The van der Waals surface area contributed by atoms with Crippen molar-refractivity contribution in [2.24, 2.45) is 0 Å². The molecule has 0 saturated carbocycles. The van der Waals surface area contributed by atoms with Gasteiger partial charge in [-0.3, -0.25) is 9.11 Å². The molecule has 0 radical (unpaired) electrons. The van der Waals surface area contributed by atoms with Gasteiger partial charge in [-0.25, -0.2) is 0 Å². The van der Waals surface area contributed by atoms with Gasteiger partial charge in [0.25, 0.3) is 0 Å². The Morgan fingerprint density at radius 3 is 1.25 bits per heavy atom. The largest absolute Gasteiger partial charge is 1.00 e. The van der Waals surface area contributed by atoms with E-state index >= 15 is 0 Å². The van der Waals surface area contributed by atoms with Crippen molar-refractivity contribution >= 4 is 34.4 Å². The number of halogens is 1. The third kappa shape index (κ3) is 59.8. The summed E-state index contributed by atoms with van der Waals surface area (Å²) in [6, 6.07) is 0. The van der Waals surface area contributed by atoms with Gasteiger partial charge < -0.3 is 2.85 Å². The second kappa shape index (κ2) is 10.2. The van der Waals surface area contributed by atoms with Crippen LogP contribution in [0.5, 0.6) is 0 Å². The van der Waals surface area contributed by atoms with E-state index in [-0.39, 0.29) is 108 Å². The maximum atomic E-state index is 8.74. The van der Waals surface area contributed by atoms with E-state index < -0.39 is 10.4 Å². The van der Waals surface area contributed by atoms with Gasteiger partial charge >= 0.3 is 91.3 Å². The molecule has 0 bridgehead atoms. The van der Waals surface area contributed by atoms with Crippen molar-refractivity contribution in [2.75, 3.05) is 0 Å². The molecular weight excluding hydrogens is 285 g/mol. The summed E-state index contributed by atoms with van der Waals surface area (Å²) in [5.41, 5.74) is 0. The molecule has 0 aromatic rings. The maximum Gasteiger partial charge on any atom is 1.00 e. The molecule has 0 fully saturated rings. The first-order valence-electron chi connectivity index (χ1n) is 0.698. The summed E-state index contributed by atoms with van der Waals surface area (Å²) >= 11 is 0. The average Bonchev–Trinajstić information content (AvgIpc) is 0.722. The van der Waals surface area contributed by atoms with Gasteiger partial charge in [0.1, 0.15) is 0 Å². The van der Waals surface area contributed by atoms with E-state index in [4.69, 9.17) is 17.5 Å². The Hall–Kier alpha value is 3.24. The van der Waals surface area contributed by atoms with Gasteiger partial charge in [-0.2, -0.15) is 8.42 Å². The molecule has 8 heteroatoms. The van der Waals surface area contributed by atoms with Crippen LogP contribution in [-0.4, -0.2) is 17.5 Å². The third-order valence-corrected chi connectivity index (χ3v) is 0. The molecule has 0 aliphatic carbocycles. The fraction of sp³-hybridized carbons (Fsp3) is 0. The molecule has 0 aliphatic heterocycles. The Morgan fingerprint density at radius 1 is 1.25 bits per heavy atom. The van der Waals surface area contributed by atoms with E-state index in [1.54, 1.807) is 0 Å². The van der Waals surface area contributed by atoms with E-state index in [9.17, 15) is 0 Å². The van der Waals surface area contributed by atoms with Crippen LogP contribution in [0.2, 0.25) is 0 Å². The predicted octanol–water partition coefficient (Wildman–Crippen LogP) is -5.80. The summed E-state index contributed by atoms with van der Waals surface area (Å²) < 4.78 is 31.6. The monoisotopic (exact) mass is 290 g/mol. The first-order chi connectivity index (χ1) is 2.00. The van der Waals surface area contributed by atoms with Gasteiger partial charge in [0.15, 0.2) is 0 Å². The number of hydrogen-bond acceptors (Lipinski definition) is 2. The first-order valence-corrected chi connectivity index (χ1v) is 2.10. The molecule has 0 aromatic carbocycles. The molecule has 0 aromatic heterocycles. The fourth-order valence-electron chi connectivity index (χ4n) is 0. The van der Waals surface area contributed by atoms with Crippen LogP contribution in [0.25, 0.3) is 0 Å². The van der Waals surface area contributed by atoms with Crippen molar-refractivity contribution < 1.29 is 101 Å². The third-order valence-electron chi connectivity index (χ3n) is 0. The van der Waals surface area contributed by atoms with Crippen LogP contribution in [0.15, 0.2) is 0 Å². The van der Waals surface area contributed by atoms with E-state index in [0.717, 1.165) is 0 Å². The Kier molecular flexibility index (Phi) is 28.8. The van der Waals surface area contributed by atoms with Crippen LogP contribution in [0.4, 0.5) is 0 Å². The molecule has 0 spiro atoms. The zero-order valence-electron chi connectivity index (χ0n) is 6.53. The van der Waals surface area contributed by atoms with Crippen LogP contribution in [0.3, 0.4) is 0 Å². The van der Waals surface area contributed by atoms with Crippen LogP contribution in [-0.2, 0) is 10.4 Å². The van der Waals surface area contributed by atoms with E-state index in [1.807, 2.05) is 0 Å². The number of rotatable bonds is 0. The van der Waals surface area contributed by atoms with Gasteiger partial charge in [0.05, 0.1) is 0 Å². The fourth-order valence-corrected chi connectivity index (χ4v) is 0.